The molecule has 23 heavy (non-hydrogen) atoms. The zero-order valence-corrected chi connectivity index (χ0v) is 16.8. The lowest BCUT2D eigenvalue weighted by Gasteiger charge is -2.17. The van der Waals surface area contributed by atoms with Crippen molar-refractivity contribution in [1.29, 1.82) is 0 Å². The zero-order chi connectivity index (χ0) is 16.2. The van der Waals surface area contributed by atoms with Gasteiger partial charge in [-0.1, -0.05) is 26.0 Å². The third-order valence-electron chi connectivity index (χ3n) is 3.54. The fraction of sp³-hybridized carbons (Fsp3) is 0.588. The Kier molecular flexibility index (Phi) is 13.0. The lowest BCUT2D eigenvalue weighted by Crippen LogP contribution is -2.39. The molecule has 0 radical (unpaired) electrons. The van der Waals surface area contributed by atoms with Gasteiger partial charge in [-0.15, -0.1) is 24.0 Å². The second kappa shape index (κ2) is 13.5. The molecule has 6 heteroatoms. The summed E-state index contributed by atoms with van der Waals surface area (Å²) in [5, 5.41) is 6.57. The standard InChI is InChI=1S/C17H29FN4.HI/c1-4-19-17(21-13-14-22(5-2)6-3)20-12-11-15-7-9-16(18)10-8-15;/h7-10H,4-6,11-14H2,1-3H3,(H2,19,20,21);1H. The van der Waals surface area contributed by atoms with E-state index in [0.29, 0.717) is 0 Å². The van der Waals surface area contributed by atoms with Crippen molar-refractivity contribution in [2.24, 2.45) is 4.99 Å². The van der Waals surface area contributed by atoms with Crippen LogP contribution in [0.3, 0.4) is 0 Å². The minimum atomic E-state index is -0.192. The molecule has 0 saturated carbocycles. The van der Waals surface area contributed by atoms with Gasteiger partial charge >= 0.3 is 0 Å². The number of rotatable bonds is 9. The van der Waals surface area contributed by atoms with Gasteiger partial charge in [-0.2, -0.15) is 0 Å². The molecule has 1 rings (SSSR count). The summed E-state index contributed by atoms with van der Waals surface area (Å²) < 4.78 is 12.9. The van der Waals surface area contributed by atoms with Crippen molar-refractivity contribution < 1.29 is 4.39 Å². The van der Waals surface area contributed by atoms with Crippen molar-refractivity contribution >= 4 is 29.9 Å². The Hall–Kier alpha value is -0.890. The predicted molar refractivity (Wildman–Crippen MR) is 107 cm³/mol. The molecule has 0 atom stereocenters. The maximum Gasteiger partial charge on any atom is 0.191 e. The molecular weight excluding hydrogens is 406 g/mol. The van der Waals surface area contributed by atoms with Crippen molar-refractivity contribution in [2.45, 2.75) is 27.2 Å². The maximum absolute atomic E-state index is 12.9. The van der Waals surface area contributed by atoms with Gasteiger partial charge in [0, 0.05) is 19.6 Å². The van der Waals surface area contributed by atoms with Crippen molar-refractivity contribution in [3.8, 4) is 0 Å². The third kappa shape index (κ3) is 9.76. The molecule has 0 saturated heterocycles. The maximum atomic E-state index is 12.9. The molecule has 0 aliphatic heterocycles. The van der Waals surface area contributed by atoms with Gasteiger partial charge in [0.05, 0.1) is 6.54 Å². The SMILES string of the molecule is CCNC(=NCCN(CC)CC)NCCc1ccc(F)cc1.I. The van der Waals surface area contributed by atoms with E-state index in [2.05, 4.69) is 41.3 Å². The van der Waals surface area contributed by atoms with Crippen LogP contribution in [0.25, 0.3) is 0 Å². The molecule has 0 aliphatic carbocycles. The minimum absolute atomic E-state index is 0. The molecule has 0 spiro atoms. The van der Waals surface area contributed by atoms with Crippen LogP contribution >= 0.6 is 24.0 Å². The molecule has 2 N–H and O–H groups in total. The van der Waals surface area contributed by atoms with E-state index in [1.807, 2.05) is 12.1 Å². The van der Waals surface area contributed by atoms with Gasteiger partial charge < -0.3 is 15.5 Å². The average Bonchev–Trinajstić information content (AvgIpc) is 2.53. The molecule has 132 valence electrons. The van der Waals surface area contributed by atoms with Crippen LogP contribution < -0.4 is 10.6 Å². The van der Waals surface area contributed by atoms with Gasteiger partial charge in [0.25, 0.3) is 0 Å². The van der Waals surface area contributed by atoms with Gasteiger partial charge in [0.2, 0.25) is 0 Å². The van der Waals surface area contributed by atoms with Crippen LogP contribution in [0.1, 0.15) is 26.3 Å². The Morgan fingerprint density at radius 1 is 1.09 bits per heavy atom. The molecule has 0 aromatic heterocycles. The molecule has 0 fully saturated rings. The van der Waals surface area contributed by atoms with Gasteiger partial charge in [0.1, 0.15) is 5.82 Å². The fourth-order valence-corrected chi connectivity index (χ4v) is 2.16. The number of hydrogen-bond donors (Lipinski definition) is 2. The summed E-state index contributed by atoms with van der Waals surface area (Å²) in [6, 6.07) is 6.64. The number of aliphatic imine (C=N–C) groups is 1. The van der Waals surface area contributed by atoms with Crippen LogP contribution in [0.15, 0.2) is 29.3 Å². The Bertz CT molecular complexity index is 433. The summed E-state index contributed by atoms with van der Waals surface area (Å²) in [6.07, 6.45) is 0.848. The first-order valence-electron chi connectivity index (χ1n) is 8.18. The van der Waals surface area contributed by atoms with Crippen molar-refractivity contribution in [3.05, 3.63) is 35.6 Å². The summed E-state index contributed by atoms with van der Waals surface area (Å²) in [5.41, 5.74) is 1.12. The van der Waals surface area contributed by atoms with Crippen LogP contribution in [0.4, 0.5) is 4.39 Å². The van der Waals surface area contributed by atoms with E-state index in [1.54, 1.807) is 0 Å². The third-order valence-corrected chi connectivity index (χ3v) is 3.54. The van der Waals surface area contributed by atoms with Crippen LogP contribution in [0.5, 0.6) is 0 Å². The highest BCUT2D eigenvalue weighted by Gasteiger charge is 2.00. The highest BCUT2D eigenvalue weighted by atomic mass is 127. The topological polar surface area (TPSA) is 39.7 Å². The second-order valence-corrected chi connectivity index (χ2v) is 5.09. The fourth-order valence-electron chi connectivity index (χ4n) is 2.16. The summed E-state index contributed by atoms with van der Waals surface area (Å²) in [4.78, 5) is 6.94. The number of nitrogens with one attached hydrogen (secondary N) is 2. The number of nitrogens with zero attached hydrogens (tertiary/aromatic N) is 2. The Morgan fingerprint density at radius 2 is 1.74 bits per heavy atom. The van der Waals surface area contributed by atoms with E-state index in [0.717, 1.165) is 57.2 Å². The Balaban J connectivity index is 0.00000484. The molecule has 0 amide bonds. The summed E-state index contributed by atoms with van der Waals surface area (Å²) in [5.74, 6) is 0.653. The quantitative estimate of drug-likeness (QED) is 0.355. The molecule has 0 unspecified atom stereocenters. The first kappa shape index (κ1) is 22.1. The van der Waals surface area contributed by atoms with Crippen LogP contribution in [-0.4, -0.2) is 50.1 Å². The van der Waals surface area contributed by atoms with Crippen molar-refractivity contribution in [1.82, 2.24) is 15.5 Å². The van der Waals surface area contributed by atoms with Gasteiger partial charge in [-0.25, -0.2) is 4.39 Å². The first-order valence-corrected chi connectivity index (χ1v) is 8.18. The molecule has 0 aliphatic rings. The molecular formula is C17H30FIN4. The van der Waals surface area contributed by atoms with E-state index in [-0.39, 0.29) is 29.8 Å². The molecule has 4 nitrogen and oxygen atoms in total. The molecule has 1 aromatic rings. The van der Waals surface area contributed by atoms with E-state index in [4.69, 9.17) is 0 Å². The number of guanidine groups is 1. The highest BCUT2D eigenvalue weighted by molar-refractivity contribution is 14.0. The average molecular weight is 436 g/mol. The Morgan fingerprint density at radius 3 is 2.30 bits per heavy atom. The summed E-state index contributed by atoms with van der Waals surface area (Å²) >= 11 is 0. The number of halogens is 2. The number of benzene rings is 1. The van der Waals surface area contributed by atoms with Gasteiger partial charge in [0.15, 0.2) is 5.96 Å². The second-order valence-electron chi connectivity index (χ2n) is 5.09. The van der Waals surface area contributed by atoms with Crippen LogP contribution in [0.2, 0.25) is 0 Å². The largest absolute Gasteiger partial charge is 0.357 e. The lowest BCUT2D eigenvalue weighted by atomic mass is 10.1. The number of likely N-dealkylation sites (N-methyl/N-ethyl adjacent to an activating group) is 1. The minimum Gasteiger partial charge on any atom is -0.357 e. The van der Waals surface area contributed by atoms with Crippen molar-refractivity contribution in [3.63, 3.8) is 0 Å². The van der Waals surface area contributed by atoms with Gasteiger partial charge in [-0.05, 0) is 44.1 Å². The smallest absolute Gasteiger partial charge is 0.191 e. The Labute approximate surface area is 157 Å². The predicted octanol–water partition coefficient (Wildman–Crippen LogP) is 2.88. The summed E-state index contributed by atoms with van der Waals surface area (Å²) in [6.45, 7) is 11.9. The van der Waals surface area contributed by atoms with E-state index in [9.17, 15) is 4.39 Å². The van der Waals surface area contributed by atoms with Crippen LogP contribution in [-0.2, 0) is 6.42 Å². The van der Waals surface area contributed by atoms with Crippen molar-refractivity contribution in [2.75, 3.05) is 39.3 Å². The normalized spacial score (nSPS) is 11.3. The molecule has 0 heterocycles. The monoisotopic (exact) mass is 436 g/mol. The zero-order valence-electron chi connectivity index (χ0n) is 14.4. The molecule has 0 bridgehead atoms. The van der Waals surface area contributed by atoms with E-state index in [1.165, 1.54) is 12.1 Å². The summed E-state index contributed by atoms with van der Waals surface area (Å²) in [7, 11) is 0. The highest BCUT2D eigenvalue weighted by Crippen LogP contribution is 2.02. The van der Waals surface area contributed by atoms with Crippen LogP contribution in [0, 0.1) is 5.82 Å². The van der Waals surface area contributed by atoms with E-state index >= 15 is 0 Å². The number of hydrogen-bond acceptors (Lipinski definition) is 2. The van der Waals surface area contributed by atoms with E-state index < -0.39 is 0 Å². The first-order chi connectivity index (χ1) is 10.7. The molecule has 1 aromatic carbocycles. The van der Waals surface area contributed by atoms with Gasteiger partial charge in [-0.3, -0.25) is 4.99 Å². The lowest BCUT2D eigenvalue weighted by molar-refractivity contribution is 0.313.